The van der Waals surface area contributed by atoms with Gasteiger partial charge in [-0.15, -0.1) is 0 Å². The van der Waals surface area contributed by atoms with E-state index in [1.165, 1.54) is 5.56 Å². The Balaban J connectivity index is 2.01. The quantitative estimate of drug-likeness (QED) is 0.807. The van der Waals surface area contributed by atoms with Crippen LogP contribution in [0.15, 0.2) is 36.7 Å². The third kappa shape index (κ3) is 3.76. The zero-order valence-corrected chi connectivity index (χ0v) is 11.4. The largest absolute Gasteiger partial charge is 0.490 e. The topological polar surface area (TPSA) is 47.0 Å². The number of hydrogen-bond donors (Lipinski definition) is 1. The summed E-state index contributed by atoms with van der Waals surface area (Å²) in [6.45, 7) is 3.68. The van der Waals surface area contributed by atoms with Crippen molar-refractivity contribution in [2.75, 3.05) is 20.2 Å². The second-order valence-corrected chi connectivity index (χ2v) is 4.36. The van der Waals surface area contributed by atoms with Crippen molar-refractivity contribution in [3.8, 4) is 17.1 Å². The molecule has 100 valence electrons. The molecular weight excluding hydrogens is 238 g/mol. The van der Waals surface area contributed by atoms with Crippen molar-refractivity contribution >= 4 is 0 Å². The fourth-order valence-corrected chi connectivity index (χ4v) is 1.79. The first-order valence-electron chi connectivity index (χ1n) is 6.46. The Morgan fingerprint density at radius 3 is 2.58 bits per heavy atom. The smallest absolute Gasteiger partial charge is 0.159 e. The number of aromatic nitrogens is 2. The Kier molecular flexibility index (Phi) is 4.86. The minimum Gasteiger partial charge on any atom is -0.490 e. The Hall–Kier alpha value is -1.94. The van der Waals surface area contributed by atoms with E-state index in [-0.39, 0.29) is 0 Å². The number of rotatable bonds is 6. The lowest BCUT2D eigenvalue weighted by Crippen LogP contribution is -2.11. The zero-order chi connectivity index (χ0) is 13.5. The van der Waals surface area contributed by atoms with E-state index < -0.39 is 0 Å². The minimum absolute atomic E-state index is 0.675. The number of aryl methyl sites for hydroxylation is 1. The molecule has 19 heavy (non-hydrogen) atoms. The Morgan fingerprint density at radius 1 is 1.16 bits per heavy atom. The standard InChI is InChI=1S/C15H19N3O/c1-12-6-3-4-7-14(12)15-17-10-13(11-18-15)19-9-5-8-16-2/h3-4,6-7,10-11,16H,5,8-9H2,1-2H3. The van der Waals surface area contributed by atoms with E-state index in [1.54, 1.807) is 12.4 Å². The summed E-state index contributed by atoms with van der Waals surface area (Å²) in [4.78, 5) is 8.71. The summed E-state index contributed by atoms with van der Waals surface area (Å²) in [5.41, 5.74) is 2.23. The van der Waals surface area contributed by atoms with E-state index in [9.17, 15) is 0 Å². The van der Waals surface area contributed by atoms with Gasteiger partial charge in [-0.05, 0) is 32.5 Å². The van der Waals surface area contributed by atoms with Gasteiger partial charge in [0.25, 0.3) is 0 Å². The van der Waals surface area contributed by atoms with Crippen LogP contribution in [0.4, 0.5) is 0 Å². The molecule has 0 saturated carbocycles. The fourth-order valence-electron chi connectivity index (χ4n) is 1.79. The minimum atomic E-state index is 0.675. The average Bonchev–Trinajstić information content (AvgIpc) is 2.45. The molecule has 2 aromatic rings. The highest BCUT2D eigenvalue weighted by atomic mass is 16.5. The van der Waals surface area contributed by atoms with Crippen LogP contribution in [0.1, 0.15) is 12.0 Å². The number of hydrogen-bond acceptors (Lipinski definition) is 4. The first kappa shape index (κ1) is 13.5. The lowest BCUT2D eigenvalue weighted by Gasteiger charge is -2.07. The monoisotopic (exact) mass is 257 g/mol. The van der Waals surface area contributed by atoms with E-state index in [4.69, 9.17) is 4.74 Å². The van der Waals surface area contributed by atoms with Crippen LogP contribution >= 0.6 is 0 Å². The van der Waals surface area contributed by atoms with Gasteiger partial charge < -0.3 is 10.1 Å². The van der Waals surface area contributed by atoms with Crippen LogP contribution in [-0.2, 0) is 0 Å². The van der Waals surface area contributed by atoms with Gasteiger partial charge in [0, 0.05) is 5.56 Å². The lowest BCUT2D eigenvalue weighted by atomic mass is 10.1. The van der Waals surface area contributed by atoms with Crippen molar-refractivity contribution in [1.82, 2.24) is 15.3 Å². The van der Waals surface area contributed by atoms with E-state index in [1.807, 2.05) is 25.2 Å². The van der Waals surface area contributed by atoms with Gasteiger partial charge >= 0.3 is 0 Å². The molecule has 0 aliphatic rings. The molecule has 1 aromatic carbocycles. The van der Waals surface area contributed by atoms with Crippen molar-refractivity contribution in [3.05, 3.63) is 42.2 Å². The van der Waals surface area contributed by atoms with Crippen molar-refractivity contribution in [3.63, 3.8) is 0 Å². The summed E-state index contributed by atoms with van der Waals surface area (Å²) in [5, 5.41) is 3.08. The molecule has 4 heteroatoms. The maximum absolute atomic E-state index is 5.56. The van der Waals surface area contributed by atoms with Crippen molar-refractivity contribution in [2.24, 2.45) is 0 Å². The number of nitrogens with zero attached hydrogens (tertiary/aromatic N) is 2. The molecule has 0 saturated heterocycles. The maximum Gasteiger partial charge on any atom is 0.159 e. The van der Waals surface area contributed by atoms with Crippen molar-refractivity contribution < 1.29 is 4.74 Å². The van der Waals surface area contributed by atoms with E-state index in [2.05, 4.69) is 28.3 Å². The van der Waals surface area contributed by atoms with E-state index in [0.717, 1.165) is 24.4 Å². The highest BCUT2D eigenvalue weighted by Crippen LogP contribution is 2.20. The number of nitrogens with one attached hydrogen (secondary N) is 1. The van der Waals surface area contributed by atoms with Crippen LogP contribution in [0.3, 0.4) is 0 Å². The molecule has 4 nitrogen and oxygen atoms in total. The summed E-state index contributed by atoms with van der Waals surface area (Å²) >= 11 is 0. The normalized spacial score (nSPS) is 10.4. The summed E-state index contributed by atoms with van der Waals surface area (Å²) in [7, 11) is 1.93. The number of benzene rings is 1. The second-order valence-electron chi connectivity index (χ2n) is 4.36. The molecule has 1 N–H and O–H groups in total. The van der Waals surface area contributed by atoms with E-state index in [0.29, 0.717) is 12.4 Å². The van der Waals surface area contributed by atoms with Gasteiger partial charge in [-0.1, -0.05) is 24.3 Å². The Morgan fingerprint density at radius 2 is 1.89 bits per heavy atom. The average molecular weight is 257 g/mol. The first-order valence-corrected chi connectivity index (χ1v) is 6.46. The predicted octanol–water partition coefficient (Wildman–Crippen LogP) is 2.44. The molecule has 0 aliphatic heterocycles. The van der Waals surface area contributed by atoms with Gasteiger partial charge in [-0.3, -0.25) is 0 Å². The summed E-state index contributed by atoms with van der Waals surface area (Å²) in [5.74, 6) is 1.45. The van der Waals surface area contributed by atoms with Gasteiger partial charge in [0.15, 0.2) is 11.6 Å². The predicted molar refractivity (Wildman–Crippen MR) is 76.2 cm³/mol. The molecule has 1 heterocycles. The molecule has 0 aliphatic carbocycles. The molecule has 1 aromatic heterocycles. The SMILES string of the molecule is CNCCCOc1cnc(-c2ccccc2C)nc1. The Bertz CT molecular complexity index is 511. The molecule has 0 unspecified atom stereocenters. The molecule has 0 spiro atoms. The van der Waals surface area contributed by atoms with Crippen LogP contribution < -0.4 is 10.1 Å². The van der Waals surface area contributed by atoms with Crippen LogP contribution in [-0.4, -0.2) is 30.2 Å². The van der Waals surface area contributed by atoms with Gasteiger partial charge in [-0.2, -0.15) is 0 Å². The second kappa shape index (κ2) is 6.85. The van der Waals surface area contributed by atoms with Crippen molar-refractivity contribution in [1.29, 1.82) is 0 Å². The number of ether oxygens (including phenoxy) is 1. The Labute approximate surface area is 113 Å². The summed E-state index contributed by atoms with van der Waals surface area (Å²) in [6, 6.07) is 8.09. The summed E-state index contributed by atoms with van der Waals surface area (Å²) < 4.78 is 5.56. The van der Waals surface area contributed by atoms with Crippen LogP contribution in [0.2, 0.25) is 0 Å². The maximum atomic E-state index is 5.56. The lowest BCUT2D eigenvalue weighted by molar-refractivity contribution is 0.307. The van der Waals surface area contributed by atoms with Crippen LogP contribution in [0.25, 0.3) is 11.4 Å². The highest BCUT2D eigenvalue weighted by molar-refractivity contribution is 5.59. The third-order valence-corrected chi connectivity index (χ3v) is 2.85. The highest BCUT2D eigenvalue weighted by Gasteiger charge is 2.04. The molecule has 0 bridgehead atoms. The molecule has 0 amide bonds. The van der Waals surface area contributed by atoms with Crippen LogP contribution in [0, 0.1) is 6.92 Å². The van der Waals surface area contributed by atoms with Gasteiger partial charge in [0.2, 0.25) is 0 Å². The van der Waals surface area contributed by atoms with E-state index >= 15 is 0 Å². The van der Waals surface area contributed by atoms with Crippen LogP contribution in [0.5, 0.6) is 5.75 Å². The molecular formula is C15H19N3O. The zero-order valence-electron chi connectivity index (χ0n) is 11.4. The first-order chi connectivity index (χ1) is 9.31. The summed E-state index contributed by atoms with van der Waals surface area (Å²) in [6.07, 6.45) is 4.43. The van der Waals surface area contributed by atoms with Crippen molar-refractivity contribution in [2.45, 2.75) is 13.3 Å². The van der Waals surface area contributed by atoms with Gasteiger partial charge in [0.05, 0.1) is 19.0 Å². The fraction of sp³-hybridized carbons (Fsp3) is 0.333. The molecule has 2 rings (SSSR count). The van der Waals surface area contributed by atoms with Gasteiger partial charge in [-0.25, -0.2) is 9.97 Å². The molecule has 0 radical (unpaired) electrons. The molecule has 0 atom stereocenters. The van der Waals surface area contributed by atoms with Gasteiger partial charge in [0.1, 0.15) is 0 Å². The molecule has 0 fully saturated rings. The third-order valence-electron chi connectivity index (χ3n) is 2.85.